The minimum atomic E-state index is -1.94. The third-order valence-electron chi connectivity index (χ3n) is 8.36. The molecule has 1 saturated heterocycles. The second-order valence-corrected chi connectivity index (χ2v) is 16.6. The molecule has 0 atom stereocenters. The van der Waals surface area contributed by atoms with Gasteiger partial charge in [-0.15, -0.1) is 22.7 Å². The summed E-state index contributed by atoms with van der Waals surface area (Å²) in [6, 6.07) is 29.7. The van der Waals surface area contributed by atoms with Gasteiger partial charge in [-0.05, 0) is 81.8 Å². The van der Waals surface area contributed by atoms with Gasteiger partial charge in [0.2, 0.25) is 0 Å². The molecule has 5 aromatic rings. The lowest BCUT2D eigenvalue weighted by Crippen LogP contribution is -2.64. The second kappa shape index (κ2) is 8.69. The monoisotopic (exact) mass is 561 g/mol. The zero-order valence-corrected chi connectivity index (χ0v) is 23.6. The number of anilines is 3. The summed E-state index contributed by atoms with van der Waals surface area (Å²) >= 11 is 3.20. The van der Waals surface area contributed by atoms with Crippen molar-refractivity contribution in [1.29, 1.82) is 0 Å². The van der Waals surface area contributed by atoms with E-state index in [0.29, 0.717) is 11.1 Å². The Balaban J connectivity index is 1.22. The smallest absolute Gasteiger partial charge is 0.197 e. The van der Waals surface area contributed by atoms with Crippen LogP contribution in [0.5, 0.6) is 0 Å². The van der Waals surface area contributed by atoms with Crippen molar-refractivity contribution in [3.05, 3.63) is 106 Å². The summed E-state index contributed by atoms with van der Waals surface area (Å²) in [4.78, 5) is 29.8. The van der Waals surface area contributed by atoms with Crippen LogP contribution in [0.1, 0.15) is 25.6 Å². The Kier molecular flexibility index (Phi) is 5.19. The summed E-state index contributed by atoms with van der Waals surface area (Å²) in [5.74, 6) is -0.361. The molecule has 4 heterocycles. The number of benzene rings is 3. The van der Waals surface area contributed by atoms with Gasteiger partial charge in [-0.2, -0.15) is 0 Å². The molecule has 0 bridgehead atoms. The van der Waals surface area contributed by atoms with Gasteiger partial charge >= 0.3 is 0 Å². The first-order valence-electron chi connectivity index (χ1n) is 13.1. The van der Waals surface area contributed by atoms with E-state index < -0.39 is 8.07 Å². The number of thiophene rings is 2. The zero-order valence-electron chi connectivity index (χ0n) is 21.0. The third-order valence-corrected chi connectivity index (χ3v) is 15.3. The van der Waals surface area contributed by atoms with E-state index in [1.54, 1.807) is 28.7 Å². The molecule has 0 saturated carbocycles. The molecule has 0 N–H and O–H groups in total. The average molecular weight is 562 g/mol. The van der Waals surface area contributed by atoms with Crippen molar-refractivity contribution < 1.29 is 14.3 Å². The second-order valence-electron chi connectivity index (χ2n) is 10.3. The normalized spacial score (nSPS) is 18.6. The van der Waals surface area contributed by atoms with E-state index >= 15 is 0 Å². The summed E-state index contributed by atoms with van der Waals surface area (Å²) in [5, 5.41) is 7.01. The molecule has 39 heavy (non-hydrogen) atoms. The van der Waals surface area contributed by atoms with Crippen LogP contribution in [0.3, 0.4) is 0 Å². The van der Waals surface area contributed by atoms with E-state index in [1.165, 1.54) is 21.7 Å². The molecule has 1 aliphatic carbocycles. The zero-order chi connectivity index (χ0) is 26.1. The van der Waals surface area contributed by atoms with Crippen LogP contribution in [0.15, 0.2) is 89.8 Å². The maximum absolute atomic E-state index is 13.3. The molecule has 2 aromatic heterocycles. The lowest BCUT2D eigenvalue weighted by Gasteiger charge is -2.45. The number of carbonyl (C=O) groups is 2. The molecule has 1 fully saturated rings. The third kappa shape index (κ3) is 3.37. The van der Waals surface area contributed by atoms with E-state index in [4.69, 9.17) is 4.74 Å². The maximum Gasteiger partial charge on any atom is 0.197 e. The summed E-state index contributed by atoms with van der Waals surface area (Å²) in [7, 11) is -1.94. The quantitative estimate of drug-likeness (QED) is 0.135. The number of hydrogen-bond donors (Lipinski definition) is 0. The van der Waals surface area contributed by atoms with Crippen molar-refractivity contribution in [2.24, 2.45) is 0 Å². The Hall–Kier alpha value is -3.62. The van der Waals surface area contributed by atoms with Gasteiger partial charge < -0.3 is 9.64 Å². The van der Waals surface area contributed by atoms with Crippen LogP contribution in [0.25, 0.3) is 16.2 Å². The highest BCUT2D eigenvalue weighted by Gasteiger charge is 2.46. The first-order valence-corrected chi connectivity index (χ1v) is 17.2. The van der Waals surface area contributed by atoms with Gasteiger partial charge in [0.15, 0.2) is 11.6 Å². The topological polar surface area (TPSA) is 46.6 Å². The Labute approximate surface area is 234 Å². The molecule has 3 aromatic carbocycles. The largest absolute Gasteiger partial charge is 0.382 e. The number of fused-ring (bicyclic) bond motifs is 6. The fourth-order valence-corrected chi connectivity index (χ4v) is 13.1. The molecule has 3 aliphatic rings. The Morgan fingerprint density at radius 3 is 2.18 bits per heavy atom. The molecule has 2 aliphatic heterocycles. The number of carbonyl (C=O) groups excluding carboxylic acids is 2. The first kappa shape index (κ1) is 23.3. The van der Waals surface area contributed by atoms with Gasteiger partial charge in [0.25, 0.3) is 0 Å². The SMILES string of the molecule is O=C1/C(=C\c2ccc(N3c4ccccc4[Si]4(CCOCC4)c4ccccc43)s2)C(=O)c2cc3sccc3cc21. The number of nitrogens with zero attached hydrogens (tertiary/aromatic N) is 1. The predicted octanol–water partition coefficient (Wildman–Crippen LogP) is 6.80. The number of ether oxygens (including phenoxy) is 1. The number of rotatable bonds is 2. The van der Waals surface area contributed by atoms with Gasteiger partial charge in [-0.3, -0.25) is 9.59 Å². The molecule has 0 amide bonds. The van der Waals surface area contributed by atoms with Gasteiger partial charge in [0, 0.05) is 45.3 Å². The van der Waals surface area contributed by atoms with Crippen molar-refractivity contribution in [1.82, 2.24) is 0 Å². The van der Waals surface area contributed by atoms with Crippen LogP contribution in [0.4, 0.5) is 16.4 Å². The first-order chi connectivity index (χ1) is 19.1. The number of Topliss-reactive ketones (excluding diaryl/α,β-unsaturated/α-hetero) is 2. The molecular formula is C32H23NO3S2Si. The molecule has 0 unspecified atom stereocenters. The Bertz CT molecular complexity index is 1760. The van der Waals surface area contributed by atoms with Gasteiger partial charge in [0.05, 0.1) is 5.57 Å². The molecule has 0 radical (unpaired) electrons. The van der Waals surface area contributed by atoms with Gasteiger partial charge in [-0.25, -0.2) is 0 Å². The minimum absolute atomic E-state index is 0.179. The lowest BCUT2D eigenvalue weighted by molar-refractivity contribution is 0.0990. The van der Waals surface area contributed by atoms with Crippen molar-refractivity contribution in [3.8, 4) is 0 Å². The van der Waals surface area contributed by atoms with Gasteiger partial charge in [-0.1, -0.05) is 36.4 Å². The summed E-state index contributed by atoms with van der Waals surface area (Å²) in [6.07, 6.45) is 1.78. The van der Waals surface area contributed by atoms with E-state index in [-0.39, 0.29) is 17.1 Å². The van der Waals surface area contributed by atoms with Crippen LogP contribution in [-0.4, -0.2) is 32.9 Å². The highest BCUT2D eigenvalue weighted by atomic mass is 32.1. The van der Waals surface area contributed by atoms with E-state index in [9.17, 15) is 9.59 Å². The number of allylic oxidation sites excluding steroid dienone is 1. The van der Waals surface area contributed by atoms with E-state index in [1.807, 2.05) is 29.6 Å². The van der Waals surface area contributed by atoms with Crippen molar-refractivity contribution >= 4 is 85.2 Å². The Morgan fingerprint density at radius 2 is 1.46 bits per heavy atom. The fourth-order valence-electron chi connectivity index (χ4n) is 6.51. The van der Waals surface area contributed by atoms with Crippen molar-refractivity contribution in [2.45, 2.75) is 12.1 Å². The highest BCUT2D eigenvalue weighted by molar-refractivity contribution is 7.17. The molecule has 7 heteroatoms. The molecule has 4 nitrogen and oxygen atoms in total. The van der Waals surface area contributed by atoms with Crippen molar-refractivity contribution in [3.63, 3.8) is 0 Å². The average Bonchev–Trinajstić information content (AvgIpc) is 3.69. The summed E-state index contributed by atoms with van der Waals surface area (Å²) in [5.41, 5.74) is 3.77. The molecule has 8 rings (SSSR count). The maximum atomic E-state index is 13.3. The van der Waals surface area contributed by atoms with E-state index in [2.05, 4.69) is 59.5 Å². The predicted molar refractivity (Wildman–Crippen MR) is 163 cm³/mol. The van der Waals surface area contributed by atoms with Crippen molar-refractivity contribution in [2.75, 3.05) is 18.1 Å². The standard InChI is InChI=1S/C32H23NO3S2Si/c34-31-22-17-20-11-14-37-27(20)19-23(22)32(35)24(31)18-21-9-10-30(38-21)33-25-5-1-3-7-28(25)39(15-12-36-13-16-39)29-8-4-2-6-26(29)33/h1-11,14,17-19H,12-13,15-16H2/b24-18+. The number of para-hydroxylation sites is 2. The lowest BCUT2D eigenvalue weighted by atomic mass is 10.1. The Morgan fingerprint density at radius 1 is 0.795 bits per heavy atom. The number of ketones is 2. The minimum Gasteiger partial charge on any atom is -0.382 e. The van der Waals surface area contributed by atoms with Crippen LogP contribution >= 0.6 is 22.7 Å². The molecule has 1 spiro atoms. The summed E-state index contributed by atoms with van der Waals surface area (Å²) < 4.78 is 6.86. The molecular weight excluding hydrogens is 539 g/mol. The van der Waals surface area contributed by atoms with Crippen LogP contribution in [0, 0.1) is 0 Å². The van der Waals surface area contributed by atoms with Crippen LogP contribution in [0.2, 0.25) is 12.1 Å². The van der Waals surface area contributed by atoms with Crippen LogP contribution in [-0.2, 0) is 4.74 Å². The summed E-state index contributed by atoms with van der Waals surface area (Å²) in [6.45, 7) is 1.63. The van der Waals surface area contributed by atoms with E-state index in [0.717, 1.165) is 45.3 Å². The fraction of sp³-hybridized carbons (Fsp3) is 0.125. The molecule has 190 valence electrons. The number of hydrogen-bond acceptors (Lipinski definition) is 6. The van der Waals surface area contributed by atoms with Crippen LogP contribution < -0.4 is 15.3 Å². The highest BCUT2D eigenvalue weighted by Crippen LogP contribution is 2.44. The van der Waals surface area contributed by atoms with Gasteiger partial charge in [0.1, 0.15) is 13.1 Å².